The number of rotatable bonds is 4. The third kappa shape index (κ3) is 3.58. The highest BCUT2D eigenvalue weighted by Gasteiger charge is 2.12. The van der Waals surface area contributed by atoms with Gasteiger partial charge >= 0.3 is 0 Å². The van der Waals surface area contributed by atoms with Gasteiger partial charge in [0.2, 0.25) is 0 Å². The molecule has 0 radical (unpaired) electrons. The highest BCUT2D eigenvalue weighted by atomic mass is 127. The monoisotopic (exact) mass is 356 g/mol. The predicted octanol–water partition coefficient (Wildman–Crippen LogP) is 3.15. The molecule has 0 bridgehead atoms. The summed E-state index contributed by atoms with van der Waals surface area (Å²) in [4.78, 5) is 0. The number of aromatic nitrogens is 2. The van der Waals surface area contributed by atoms with E-state index >= 15 is 0 Å². The molecule has 74 valence electrons. The lowest BCUT2D eigenvalue weighted by atomic mass is 9.98. The highest BCUT2D eigenvalue weighted by molar-refractivity contribution is 14.1. The van der Waals surface area contributed by atoms with Gasteiger partial charge in [0.15, 0.2) is 0 Å². The Bertz CT molecular complexity index is 260. The van der Waals surface area contributed by atoms with Gasteiger partial charge in [0.25, 0.3) is 0 Å². The van der Waals surface area contributed by atoms with E-state index in [9.17, 15) is 0 Å². The Kier molecular flexibility index (Phi) is 4.72. The molecule has 4 heteroatoms. The van der Waals surface area contributed by atoms with Crippen LogP contribution in [0.25, 0.3) is 0 Å². The molecule has 0 saturated carbocycles. The van der Waals surface area contributed by atoms with Crippen molar-refractivity contribution < 1.29 is 0 Å². The second-order valence-corrected chi connectivity index (χ2v) is 5.43. The van der Waals surface area contributed by atoms with Gasteiger partial charge in [-0.3, -0.25) is 4.68 Å². The van der Waals surface area contributed by atoms with Crippen molar-refractivity contribution in [3.8, 4) is 0 Å². The number of hydrogen-bond acceptors (Lipinski definition) is 1. The molecule has 0 saturated heterocycles. The minimum atomic E-state index is 0.663. The van der Waals surface area contributed by atoms with E-state index < -0.39 is 0 Å². The fraction of sp³-hybridized carbons (Fsp3) is 0.667. The van der Waals surface area contributed by atoms with Gasteiger partial charge in [-0.25, -0.2) is 0 Å². The number of nitrogens with zero attached hydrogens (tertiary/aromatic N) is 2. The van der Waals surface area contributed by atoms with Crippen molar-refractivity contribution in [1.82, 2.24) is 9.78 Å². The van der Waals surface area contributed by atoms with Crippen LogP contribution in [0.1, 0.15) is 13.8 Å². The van der Waals surface area contributed by atoms with Crippen LogP contribution in [0, 0.1) is 15.4 Å². The minimum Gasteiger partial charge on any atom is -0.271 e. The van der Waals surface area contributed by atoms with Crippen LogP contribution >= 0.6 is 38.5 Å². The topological polar surface area (TPSA) is 17.8 Å². The van der Waals surface area contributed by atoms with E-state index in [1.54, 1.807) is 0 Å². The summed E-state index contributed by atoms with van der Waals surface area (Å²) in [5.41, 5.74) is 0. The standard InChI is InChI=1S/C9H14BrIN2/c1-7(2)8(3-10)5-13-6-9(11)4-12-13/h4,6-8H,3,5H2,1-2H3. The molecule has 0 aliphatic carbocycles. The summed E-state index contributed by atoms with van der Waals surface area (Å²) in [6.45, 7) is 5.51. The summed E-state index contributed by atoms with van der Waals surface area (Å²) in [7, 11) is 0. The molecule has 2 nitrogen and oxygen atoms in total. The molecule has 0 N–H and O–H groups in total. The molecule has 1 unspecified atom stereocenters. The van der Waals surface area contributed by atoms with E-state index in [2.05, 4.69) is 63.7 Å². The van der Waals surface area contributed by atoms with E-state index in [4.69, 9.17) is 0 Å². The molecule has 0 spiro atoms. The Labute approximate surface area is 101 Å². The molecule has 0 fully saturated rings. The van der Waals surface area contributed by atoms with Gasteiger partial charge in [0.05, 0.1) is 9.77 Å². The lowest BCUT2D eigenvalue weighted by Gasteiger charge is -2.17. The van der Waals surface area contributed by atoms with Gasteiger partial charge in [-0.15, -0.1) is 0 Å². The first-order valence-corrected chi connectivity index (χ1v) is 6.57. The van der Waals surface area contributed by atoms with Crippen LogP contribution in [0.3, 0.4) is 0 Å². The van der Waals surface area contributed by atoms with Crippen LogP contribution in [0.2, 0.25) is 0 Å². The molecule has 13 heavy (non-hydrogen) atoms. The van der Waals surface area contributed by atoms with Gasteiger partial charge in [-0.1, -0.05) is 29.8 Å². The van der Waals surface area contributed by atoms with Crippen molar-refractivity contribution in [1.29, 1.82) is 0 Å². The van der Waals surface area contributed by atoms with E-state index in [-0.39, 0.29) is 0 Å². The van der Waals surface area contributed by atoms with Crippen molar-refractivity contribution >= 4 is 38.5 Å². The smallest absolute Gasteiger partial charge is 0.0623 e. The fourth-order valence-corrected chi connectivity index (χ4v) is 2.51. The molecule has 0 aromatic carbocycles. The Morgan fingerprint density at radius 3 is 2.69 bits per heavy atom. The Morgan fingerprint density at radius 2 is 2.31 bits per heavy atom. The first kappa shape index (κ1) is 11.5. The molecule has 1 rings (SSSR count). The minimum absolute atomic E-state index is 0.663. The summed E-state index contributed by atoms with van der Waals surface area (Å²) in [5.74, 6) is 1.36. The normalized spacial score (nSPS) is 13.6. The van der Waals surface area contributed by atoms with Gasteiger partial charge in [0.1, 0.15) is 0 Å². The fourth-order valence-electron chi connectivity index (χ4n) is 1.12. The number of alkyl halides is 1. The summed E-state index contributed by atoms with van der Waals surface area (Å²) >= 11 is 5.82. The van der Waals surface area contributed by atoms with E-state index in [0.717, 1.165) is 11.9 Å². The summed E-state index contributed by atoms with van der Waals surface area (Å²) < 4.78 is 3.22. The van der Waals surface area contributed by atoms with Gasteiger partial charge in [-0.05, 0) is 34.4 Å². The molecule has 0 aliphatic heterocycles. The lowest BCUT2D eigenvalue weighted by Crippen LogP contribution is -2.18. The largest absolute Gasteiger partial charge is 0.271 e. The van der Waals surface area contributed by atoms with E-state index in [1.807, 2.05) is 10.9 Å². The zero-order chi connectivity index (χ0) is 9.84. The van der Waals surface area contributed by atoms with Crippen molar-refractivity contribution in [2.75, 3.05) is 5.33 Å². The van der Waals surface area contributed by atoms with Crippen molar-refractivity contribution in [3.05, 3.63) is 16.0 Å². The third-order valence-electron chi connectivity index (χ3n) is 2.16. The van der Waals surface area contributed by atoms with Gasteiger partial charge < -0.3 is 0 Å². The van der Waals surface area contributed by atoms with Crippen LogP contribution in [0.15, 0.2) is 12.4 Å². The number of halogens is 2. The second kappa shape index (κ2) is 5.34. The number of hydrogen-bond donors (Lipinski definition) is 0. The Balaban J connectivity index is 2.56. The Hall–Kier alpha value is 0.420. The predicted molar refractivity (Wildman–Crippen MR) is 67.1 cm³/mol. The second-order valence-electron chi connectivity index (χ2n) is 3.54. The van der Waals surface area contributed by atoms with Crippen LogP contribution in [0.5, 0.6) is 0 Å². The maximum Gasteiger partial charge on any atom is 0.0623 e. The van der Waals surface area contributed by atoms with E-state index in [1.165, 1.54) is 3.57 Å². The van der Waals surface area contributed by atoms with Crippen LogP contribution in [-0.2, 0) is 6.54 Å². The quantitative estimate of drug-likeness (QED) is 0.598. The molecule has 1 aromatic heterocycles. The van der Waals surface area contributed by atoms with Crippen LogP contribution in [-0.4, -0.2) is 15.1 Å². The van der Waals surface area contributed by atoms with Crippen molar-refractivity contribution in [2.45, 2.75) is 20.4 Å². The van der Waals surface area contributed by atoms with Crippen LogP contribution < -0.4 is 0 Å². The SMILES string of the molecule is CC(C)C(CBr)Cn1cc(I)cn1. The molecule has 1 aromatic rings. The molecular formula is C9H14BrIN2. The average molecular weight is 357 g/mol. The summed E-state index contributed by atoms with van der Waals surface area (Å²) in [5, 5.41) is 5.32. The van der Waals surface area contributed by atoms with Crippen LogP contribution in [0.4, 0.5) is 0 Å². The first-order valence-electron chi connectivity index (χ1n) is 4.37. The summed E-state index contributed by atoms with van der Waals surface area (Å²) in [6.07, 6.45) is 3.98. The molecule has 0 aliphatic rings. The molecular weight excluding hydrogens is 343 g/mol. The lowest BCUT2D eigenvalue weighted by molar-refractivity contribution is 0.357. The third-order valence-corrected chi connectivity index (χ3v) is 3.55. The Morgan fingerprint density at radius 1 is 1.62 bits per heavy atom. The van der Waals surface area contributed by atoms with Crippen molar-refractivity contribution in [3.63, 3.8) is 0 Å². The van der Waals surface area contributed by atoms with Crippen molar-refractivity contribution in [2.24, 2.45) is 11.8 Å². The van der Waals surface area contributed by atoms with Gasteiger partial charge in [0, 0.05) is 18.1 Å². The molecule has 1 atom stereocenters. The zero-order valence-corrected chi connectivity index (χ0v) is 11.6. The maximum atomic E-state index is 4.27. The average Bonchev–Trinajstić information content (AvgIpc) is 2.46. The molecule has 1 heterocycles. The zero-order valence-electron chi connectivity index (χ0n) is 7.87. The van der Waals surface area contributed by atoms with Gasteiger partial charge in [-0.2, -0.15) is 5.10 Å². The van der Waals surface area contributed by atoms with E-state index in [0.29, 0.717) is 11.8 Å². The maximum absolute atomic E-state index is 4.27. The first-order chi connectivity index (χ1) is 6.13. The summed E-state index contributed by atoms with van der Waals surface area (Å²) in [6, 6.07) is 0. The highest BCUT2D eigenvalue weighted by Crippen LogP contribution is 2.16. The molecule has 0 amide bonds.